The Hall–Kier alpha value is -0.590. The molecule has 1 unspecified atom stereocenters. The first kappa shape index (κ1) is 12.5. The van der Waals surface area contributed by atoms with Crippen molar-refractivity contribution in [3.05, 3.63) is 0 Å². The quantitative estimate of drug-likeness (QED) is 0.633. The minimum absolute atomic E-state index is 0.209. The Bertz CT molecular complexity index is 214. The number of hydrogen-bond acceptors (Lipinski definition) is 3. The summed E-state index contributed by atoms with van der Waals surface area (Å²) >= 11 is 0. The van der Waals surface area contributed by atoms with Crippen LogP contribution in [0.5, 0.6) is 0 Å². The van der Waals surface area contributed by atoms with E-state index in [0.717, 1.165) is 45.7 Å². The van der Waals surface area contributed by atoms with Gasteiger partial charge in [0.2, 0.25) is 0 Å². The van der Waals surface area contributed by atoms with Crippen LogP contribution in [0.25, 0.3) is 0 Å². The van der Waals surface area contributed by atoms with E-state index in [4.69, 9.17) is 14.7 Å². The van der Waals surface area contributed by atoms with Crippen LogP contribution in [0.2, 0.25) is 0 Å². The Morgan fingerprint density at radius 2 is 2.33 bits per heavy atom. The van der Waals surface area contributed by atoms with E-state index >= 15 is 0 Å². The maximum atomic E-state index is 8.82. The molecule has 15 heavy (non-hydrogen) atoms. The van der Waals surface area contributed by atoms with Crippen molar-refractivity contribution in [3.63, 3.8) is 0 Å². The summed E-state index contributed by atoms with van der Waals surface area (Å²) in [5.41, 5.74) is -0.209. The highest BCUT2D eigenvalue weighted by molar-refractivity contribution is 4.91. The summed E-state index contributed by atoms with van der Waals surface area (Å²) in [6, 6.07) is 2.30. The third-order valence-electron chi connectivity index (χ3n) is 2.77. The first-order chi connectivity index (χ1) is 7.14. The third kappa shape index (κ3) is 5.15. The number of rotatable bonds is 6. The normalized spacial score (nSPS) is 21.5. The molecule has 0 bridgehead atoms. The highest BCUT2D eigenvalue weighted by Gasteiger charge is 2.17. The molecule has 1 heterocycles. The molecule has 0 spiro atoms. The zero-order valence-electron chi connectivity index (χ0n) is 9.79. The molecule has 3 heteroatoms. The molecule has 1 saturated heterocycles. The van der Waals surface area contributed by atoms with E-state index in [0.29, 0.717) is 5.92 Å². The van der Waals surface area contributed by atoms with Crippen LogP contribution in [0.3, 0.4) is 0 Å². The average molecular weight is 211 g/mol. The van der Waals surface area contributed by atoms with E-state index < -0.39 is 0 Å². The van der Waals surface area contributed by atoms with Crippen molar-refractivity contribution in [2.45, 2.75) is 33.1 Å². The van der Waals surface area contributed by atoms with Gasteiger partial charge in [0.15, 0.2) is 0 Å². The first-order valence-electron chi connectivity index (χ1n) is 5.71. The lowest BCUT2D eigenvalue weighted by Crippen LogP contribution is -2.12. The molecule has 3 nitrogen and oxygen atoms in total. The summed E-state index contributed by atoms with van der Waals surface area (Å²) in [5.74, 6) is 0.592. The Labute approximate surface area is 92.4 Å². The van der Waals surface area contributed by atoms with Crippen LogP contribution in [-0.2, 0) is 9.47 Å². The van der Waals surface area contributed by atoms with E-state index in [2.05, 4.69) is 6.07 Å². The molecule has 1 rings (SSSR count). The lowest BCUT2D eigenvalue weighted by Gasteiger charge is -2.15. The molecule has 1 fully saturated rings. The fraction of sp³-hybridized carbons (Fsp3) is 0.917. The minimum Gasteiger partial charge on any atom is -0.381 e. The van der Waals surface area contributed by atoms with Gasteiger partial charge in [-0.25, -0.2) is 0 Å². The van der Waals surface area contributed by atoms with E-state index in [1.807, 2.05) is 13.8 Å². The van der Waals surface area contributed by atoms with Crippen LogP contribution in [0.15, 0.2) is 0 Å². The second kappa shape index (κ2) is 6.09. The number of nitrogens with zero attached hydrogens (tertiary/aromatic N) is 1. The van der Waals surface area contributed by atoms with Gasteiger partial charge in [-0.3, -0.25) is 0 Å². The molecule has 0 N–H and O–H groups in total. The van der Waals surface area contributed by atoms with E-state index in [-0.39, 0.29) is 5.41 Å². The van der Waals surface area contributed by atoms with Crippen molar-refractivity contribution in [2.24, 2.45) is 11.3 Å². The second-order valence-corrected chi connectivity index (χ2v) is 4.90. The van der Waals surface area contributed by atoms with Gasteiger partial charge in [-0.15, -0.1) is 0 Å². The smallest absolute Gasteiger partial charge is 0.0683 e. The van der Waals surface area contributed by atoms with Crippen molar-refractivity contribution in [2.75, 3.05) is 26.4 Å². The molecule has 0 aliphatic carbocycles. The van der Waals surface area contributed by atoms with Gasteiger partial charge in [-0.2, -0.15) is 5.26 Å². The topological polar surface area (TPSA) is 42.2 Å². The Balaban J connectivity index is 1.95. The second-order valence-electron chi connectivity index (χ2n) is 4.90. The standard InChI is InChI=1S/C12H21NO2/c1-12(2,10-13)5-3-6-14-8-11-4-7-15-9-11/h11H,3-9H2,1-2H3. The van der Waals surface area contributed by atoms with Crippen molar-refractivity contribution < 1.29 is 9.47 Å². The van der Waals surface area contributed by atoms with Crippen molar-refractivity contribution in [1.29, 1.82) is 5.26 Å². The van der Waals surface area contributed by atoms with Gasteiger partial charge in [0.25, 0.3) is 0 Å². The predicted octanol–water partition coefficient (Wildman–Crippen LogP) is 2.37. The molecule has 1 aliphatic heterocycles. The molecule has 0 aromatic rings. The summed E-state index contributed by atoms with van der Waals surface area (Å²) in [5, 5.41) is 8.82. The number of ether oxygens (including phenoxy) is 2. The zero-order valence-corrected chi connectivity index (χ0v) is 9.79. The summed E-state index contributed by atoms with van der Waals surface area (Å²) < 4.78 is 10.8. The largest absolute Gasteiger partial charge is 0.381 e. The maximum Gasteiger partial charge on any atom is 0.0683 e. The Morgan fingerprint density at radius 1 is 1.53 bits per heavy atom. The van der Waals surface area contributed by atoms with Gasteiger partial charge < -0.3 is 9.47 Å². The highest BCUT2D eigenvalue weighted by Crippen LogP contribution is 2.20. The van der Waals surface area contributed by atoms with Gasteiger partial charge in [0.05, 0.1) is 24.7 Å². The average Bonchev–Trinajstić information content (AvgIpc) is 2.70. The molecule has 0 aromatic heterocycles. The molecule has 86 valence electrons. The molecule has 0 aromatic carbocycles. The maximum absolute atomic E-state index is 8.82. The van der Waals surface area contributed by atoms with Gasteiger partial charge in [-0.05, 0) is 33.1 Å². The predicted molar refractivity (Wildman–Crippen MR) is 58.4 cm³/mol. The molecule has 0 saturated carbocycles. The summed E-state index contributed by atoms with van der Waals surface area (Å²) in [7, 11) is 0. The number of nitriles is 1. The van der Waals surface area contributed by atoms with Crippen LogP contribution in [0, 0.1) is 22.7 Å². The monoisotopic (exact) mass is 211 g/mol. The molecule has 0 radical (unpaired) electrons. The summed E-state index contributed by atoms with van der Waals surface area (Å²) in [6.45, 7) is 7.25. The van der Waals surface area contributed by atoms with Crippen LogP contribution >= 0.6 is 0 Å². The van der Waals surface area contributed by atoms with Gasteiger partial charge >= 0.3 is 0 Å². The number of hydrogen-bond donors (Lipinski definition) is 0. The van der Waals surface area contributed by atoms with Gasteiger partial charge in [-0.1, -0.05) is 0 Å². The van der Waals surface area contributed by atoms with E-state index in [1.165, 1.54) is 0 Å². The Morgan fingerprint density at radius 3 is 2.93 bits per heavy atom. The Kier molecular flexibility index (Phi) is 5.07. The van der Waals surface area contributed by atoms with Crippen LogP contribution in [-0.4, -0.2) is 26.4 Å². The van der Waals surface area contributed by atoms with Crippen molar-refractivity contribution >= 4 is 0 Å². The van der Waals surface area contributed by atoms with Crippen molar-refractivity contribution in [3.8, 4) is 6.07 Å². The molecule has 1 aliphatic rings. The minimum atomic E-state index is -0.209. The lowest BCUT2D eigenvalue weighted by atomic mass is 9.90. The van der Waals surface area contributed by atoms with Crippen molar-refractivity contribution in [1.82, 2.24) is 0 Å². The molecule has 0 amide bonds. The zero-order chi connectivity index (χ0) is 11.1. The van der Waals surface area contributed by atoms with Crippen LogP contribution < -0.4 is 0 Å². The molecular formula is C12H21NO2. The lowest BCUT2D eigenvalue weighted by molar-refractivity contribution is 0.0843. The summed E-state index contributed by atoms with van der Waals surface area (Å²) in [6.07, 6.45) is 3.00. The highest BCUT2D eigenvalue weighted by atomic mass is 16.5. The van der Waals surface area contributed by atoms with E-state index in [1.54, 1.807) is 0 Å². The van der Waals surface area contributed by atoms with Crippen LogP contribution in [0.4, 0.5) is 0 Å². The molecule has 1 atom stereocenters. The van der Waals surface area contributed by atoms with E-state index in [9.17, 15) is 0 Å². The van der Waals surface area contributed by atoms with Crippen LogP contribution in [0.1, 0.15) is 33.1 Å². The molecular weight excluding hydrogens is 190 g/mol. The fourth-order valence-corrected chi connectivity index (χ4v) is 1.64. The summed E-state index contributed by atoms with van der Waals surface area (Å²) in [4.78, 5) is 0. The fourth-order valence-electron chi connectivity index (χ4n) is 1.64. The first-order valence-corrected chi connectivity index (χ1v) is 5.71. The van der Waals surface area contributed by atoms with Gasteiger partial charge in [0, 0.05) is 19.1 Å². The van der Waals surface area contributed by atoms with Gasteiger partial charge in [0.1, 0.15) is 0 Å². The SMILES string of the molecule is CC(C)(C#N)CCCOCC1CCOC1. The third-order valence-corrected chi connectivity index (χ3v) is 2.77.